The highest BCUT2D eigenvalue weighted by atomic mass is 16.5. The molecule has 0 spiro atoms. The molecule has 2 N–H and O–H groups in total. The second-order valence-corrected chi connectivity index (χ2v) is 4.90. The van der Waals surface area contributed by atoms with Gasteiger partial charge in [0.15, 0.2) is 0 Å². The predicted octanol–water partition coefficient (Wildman–Crippen LogP) is 1.02. The highest BCUT2D eigenvalue weighted by Crippen LogP contribution is 2.29. The molecule has 6 heteroatoms. The van der Waals surface area contributed by atoms with Gasteiger partial charge >= 0.3 is 5.69 Å². The summed E-state index contributed by atoms with van der Waals surface area (Å²) >= 11 is 0. The molecule has 0 aromatic carbocycles. The smallest absolute Gasteiger partial charge is 0.330 e. The lowest BCUT2D eigenvalue weighted by Gasteiger charge is -2.15. The topological polar surface area (TPSA) is 84.3 Å². The minimum absolute atomic E-state index is 0.270. The summed E-state index contributed by atoms with van der Waals surface area (Å²) < 4.78 is 7.00. The summed E-state index contributed by atoms with van der Waals surface area (Å²) in [7, 11) is 0. The van der Waals surface area contributed by atoms with E-state index >= 15 is 0 Å². The number of rotatable bonds is 4. The van der Waals surface area contributed by atoms with Crippen molar-refractivity contribution in [2.24, 2.45) is 0 Å². The van der Waals surface area contributed by atoms with E-state index in [1.165, 1.54) is 10.8 Å². The van der Waals surface area contributed by atoms with Crippen LogP contribution < -0.4 is 11.2 Å². The molecule has 1 aliphatic heterocycles. The molecule has 0 amide bonds. The lowest BCUT2D eigenvalue weighted by Crippen LogP contribution is -2.33. The molecule has 0 bridgehead atoms. The van der Waals surface area contributed by atoms with Gasteiger partial charge in [0.05, 0.1) is 17.8 Å². The van der Waals surface area contributed by atoms with Crippen molar-refractivity contribution in [2.75, 3.05) is 0 Å². The van der Waals surface area contributed by atoms with Gasteiger partial charge in [-0.2, -0.15) is 0 Å². The minimum atomic E-state index is -0.585. The first-order valence-corrected chi connectivity index (χ1v) is 6.92. The van der Waals surface area contributed by atoms with E-state index in [4.69, 9.17) is 4.74 Å². The Hall–Kier alpha value is -1.66. The summed E-state index contributed by atoms with van der Waals surface area (Å²) in [4.78, 5) is 25.8. The molecule has 110 valence electrons. The minimum Gasteiger partial charge on any atom is -0.390 e. The van der Waals surface area contributed by atoms with Crippen LogP contribution in [0.15, 0.2) is 21.9 Å². The Morgan fingerprint density at radius 1 is 1.50 bits per heavy atom. The fourth-order valence-electron chi connectivity index (χ4n) is 2.33. The van der Waals surface area contributed by atoms with Gasteiger partial charge in [0.25, 0.3) is 5.56 Å². The first kappa shape index (κ1) is 14.7. The monoisotopic (exact) mass is 280 g/mol. The van der Waals surface area contributed by atoms with Crippen molar-refractivity contribution in [3.8, 4) is 0 Å². The Kier molecular flexibility index (Phi) is 4.57. The number of hydrogen-bond acceptors (Lipinski definition) is 4. The van der Waals surface area contributed by atoms with Gasteiger partial charge in [-0.25, -0.2) is 4.79 Å². The molecule has 3 atom stereocenters. The fraction of sp³-hybridized carbons (Fsp3) is 0.571. The van der Waals surface area contributed by atoms with E-state index in [1.807, 2.05) is 19.9 Å². The zero-order valence-electron chi connectivity index (χ0n) is 11.7. The average Bonchev–Trinajstić information content (AvgIpc) is 2.79. The zero-order valence-corrected chi connectivity index (χ0v) is 11.7. The Balaban J connectivity index is 2.35. The molecular weight excluding hydrogens is 260 g/mol. The van der Waals surface area contributed by atoms with Gasteiger partial charge in [-0.3, -0.25) is 14.3 Å². The van der Waals surface area contributed by atoms with Crippen molar-refractivity contribution < 1.29 is 9.84 Å². The highest BCUT2D eigenvalue weighted by molar-refractivity contribution is 5.46. The third-order valence-corrected chi connectivity index (χ3v) is 3.45. The van der Waals surface area contributed by atoms with Crippen LogP contribution >= 0.6 is 0 Å². The summed E-state index contributed by atoms with van der Waals surface area (Å²) in [5, 5.41) is 9.85. The number of nitrogens with zero attached hydrogens (tertiary/aromatic N) is 1. The molecule has 1 fully saturated rings. The molecule has 1 aliphatic rings. The maximum absolute atomic E-state index is 11.9. The van der Waals surface area contributed by atoms with Gasteiger partial charge in [0, 0.05) is 12.6 Å². The number of aromatic amines is 1. The molecule has 6 nitrogen and oxygen atoms in total. The maximum atomic E-state index is 11.9. The number of ether oxygens (including phenoxy) is 1. The lowest BCUT2D eigenvalue weighted by atomic mass is 10.1. The van der Waals surface area contributed by atoms with Gasteiger partial charge in [0.1, 0.15) is 6.23 Å². The second-order valence-electron chi connectivity index (χ2n) is 4.90. The number of hydrogen-bond donors (Lipinski definition) is 2. The van der Waals surface area contributed by atoms with Crippen LogP contribution in [-0.4, -0.2) is 26.9 Å². The number of allylic oxidation sites excluding steroid dienone is 1. The third kappa shape index (κ3) is 2.91. The normalized spacial score (nSPS) is 26.4. The van der Waals surface area contributed by atoms with Crippen LogP contribution in [0.25, 0.3) is 6.08 Å². The van der Waals surface area contributed by atoms with Crippen LogP contribution in [0.4, 0.5) is 0 Å². The number of H-pyrrole nitrogens is 1. The Labute approximate surface area is 116 Å². The second kappa shape index (κ2) is 6.19. The molecule has 0 aliphatic carbocycles. The molecule has 3 unspecified atom stereocenters. The molecular formula is C14H20N2O4. The van der Waals surface area contributed by atoms with Crippen molar-refractivity contribution in [1.82, 2.24) is 9.55 Å². The van der Waals surface area contributed by atoms with E-state index in [2.05, 4.69) is 4.98 Å². The number of aliphatic hydroxyl groups is 1. The van der Waals surface area contributed by atoms with Gasteiger partial charge in [-0.05, 0) is 12.8 Å². The Morgan fingerprint density at radius 2 is 2.25 bits per heavy atom. The number of aliphatic hydroxyl groups excluding tert-OH is 1. The molecule has 1 aromatic heterocycles. The standard InChI is InChI=1S/C14H20N2O4/c1-3-5-6-9-8-16(14(19)15-13(9)18)12-7-10(17)11(4-2)20-12/h5-6,8,10-12,17H,3-4,7H2,1-2H3,(H,15,18,19)/b6-5+. The van der Waals surface area contributed by atoms with Crippen molar-refractivity contribution >= 4 is 6.08 Å². The quantitative estimate of drug-likeness (QED) is 0.862. The molecule has 0 radical (unpaired) electrons. The fourth-order valence-corrected chi connectivity index (χ4v) is 2.33. The lowest BCUT2D eigenvalue weighted by molar-refractivity contribution is -0.0217. The average molecular weight is 280 g/mol. The van der Waals surface area contributed by atoms with Crippen LogP contribution in [0, 0.1) is 0 Å². The summed E-state index contributed by atoms with van der Waals surface area (Å²) in [5.41, 5.74) is -0.524. The molecule has 1 saturated heterocycles. The summed E-state index contributed by atoms with van der Waals surface area (Å²) in [6, 6.07) is 0. The molecule has 2 rings (SSSR count). The van der Waals surface area contributed by atoms with Crippen molar-refractivity contribution in [3.05, 3.63) is 38.7 Å². The predicted molar refractivity (Wildman–Crippen MR) is 75.5 cm³/mol. The molecule has 2 heterocycles. The van der Waals surface area contributed by atoms with Gasteiger partial charge in [-0.1, -0.05) is 26.0 Å². The van der Waals surface area contributed by atoms with E-state index in [9.17, 15) is 14.7 Å². The van der Waals surface area contributed by atoms with E-state index < -0.39 is 23.6 Å². The molecule has 20 heavy (non-hydrogen) atoms. The SMILES string of the molecule is CC/C=C/c1cn(C2CC(O)C(CC)O2)c(=O)[nH]c1=O. The van der Waals surface area contributed by atoms with Crippen LogP contribution in [0.2, 0.25) is 0 Å². The van der Waals surface area contributed by atoms with Crippen LogP contribution in [0.1, 0.15) is 44.9 Å². The zero-order chi connectivity index (χ0) is 14.7. The highest BCUT2D eigenvalue weighted by Gasteiger charge is 2.34. The summed E-state index contributed by atoms with van der Waals surface area (Å²) in [5.74, 6) is 0. The van der Waals surface area contributed by atoms with E-state index in [0.29, 0.717) is 18.4 Å². The van der Waals surface area contributed by atoms with Gasteiger partial charge in [0.2, 0.25) is 0 Å². The molecule has 1 aromatic rings. The van der Waals surface area contributed by atoms with Crippen molar-refractivity contribution in [3.63, 3.8) is 0 Å². The molecule has 0 saturated carbocycles. The third-order valence-electron chi connectivity index (χ3n) is 3.45. The summed E-state index contributed by atoms with van der Waals surface area (Å²) in [6.45, 7) is 3.88. The van der Waals surface area contributed by atoms with E-state index in [1.54, 1.807) is 6.08 Å². The first-order chi connectivity index (χ1) is 9.56. The Bertz CT molecular complexity index is 602. The number of nitrogens with one attached hydrogen (secondary N) is 1. The van der Waals surface area contributed by atoms with E-state index in [0.717, 1.165) is 6.42 Å². The van der Waals surface area contributed by atoms with Crippen LogP contribution in [0.3, 0.4) is 0 Å². The largest absolute Gasteiger partial charge is 0.390 e. The summed E-state index contributed by atoms with van der Waals surface area (Å²) in [6.07, 6.45) is 5.45. The van der Waals surface area contributed by atoms with E-state index in [-0.39, 0.29) is 6.10 Å². The first-order valence-electron chi connectivity index (χ1n) is 6.92. The number of aromatic nitrogens is 2. The maximum Gasteiger partial charge on any atom is 0.330 e. The van der Waals surface area contributed by atoms with Crippen molar-refractivity contribution in [1.29, 1.82) is 0 Å². The van der Waals surface area contributed by atoms with Gasteiger partial charge in [-0.15, -0.1) is 0 Å². The van der Waals surface area contributed by atoms with Gasteiger partial charge < -0.3 is 9.84 Å². The van der Waals surface area contributed by atoms with Crippen LogP contribution in [0.5, 0.6) is 0 Å². The van der Waals surface area contributed by atoms with Crippen LogP contribution in [-0.2, 0) is 4.74 Å². The Morgan fingerprint density at radius 3 is 2.85 bits per heavy atom. The van der Waals surface area contributed by atoms with Crippen molar-refractivity contribution in [2.45, 2.75) is 51.5 Å².